The Balaban J connectivity index is 1.47. The Bertz CT molecular complexity index is 1780. The molecule has 1 aliphatic heterocycles. The molecule has 0 radical (unpaired) electrons. The minimum Gasteiger partial charge on any atom is -0.308 e. The Kier molecular flexibility index (Phi) is 6.30. The van der Waals surface area contributed by atoms with Crippen LogP contribution in [0, 0.1) is 25.6 Å². The molecule has 1 saturated carbocycles. The molecule has 9 nitrogen and oxygen atoms in total. The first kappa shape index (κ1) is 26.6. The van der Waals surface area contributed by atoms with E-state index in [0.717, 1.165) is 17.9 Å². The van der Waals surface area contributed by atoms with E-state index >= 15 is 4.39 Å². The first-order valence-electron chi connectivity index (χ1n) is 13.3. The smallest absolute Gasteiger partial charge is 0.308 e. The van der Waals surface area contributed by atoms with E-state index in [1.807, 2.05) is 6.92 Å². The van der Waals surface area contributed by atoms with Crippen LogP contribution < -0.4 is 11.0 Å². The van der Waals surface area contributed by atoms with E-state index in [1.54, 1.807) is 30.7 Å². The van der Waals surface area contributed by atoms with Gasteiger partial charge in [-0.2, -0.15) is 4.40 Å². The SMILES string of the molecule is Cc1cc(-c2nc3c(n2-n2ccn(C4=C(F)C(C)C(=NS(=O)(=O)C5CC5)C=C4)c2=O)[C@H](C)NCC3)cc(C)c1F. The fourth-order valence-corrected chi connectivity index (χ4v) is 6.80. The van der Waals surface area contributed by atoms with Crippen molar-refractivity contribution in [2.45, 2.75) is 58.2 Å². The average molecular weight is 569 g/mol. The van der Waals surface area contributed by atoms with Gasteiger partial charge in [-0.05, 0) is 69.0 Å². The van der Waals surface area contributed by atoms with Gasteiger partial charge in [0.1, 0.15) is 11.6 Å². The molecular weight excluding hydrogens is 538 g/mol. The maximum atomic E-state index is 15.6. The van der Waals surface area contributed by atoms with Gasteiger partial charge >= 0.3 is 5.69 Å². The van der Waals surface area contributed by atoms with Crippen LogP contribution in [0.2, 0.25) is 0 Å². The van der Waals surface area contributed by atoms with Crippen LogP contribution in [-0.4, -0.2) is 44.8 Å². The highest BCUT2D eigenvalue weighted by Gasteiger charge is 2.37. The predicted octanol–water partition coefficient (Wildman–Crippen LogP) is 4.06. The average Bonchev–Trinajstić information content (AvgIpc) is 3.62. The van der Waals surface area contributed by atoms with Crippen molar-refractivity contribution in [1.29, 1.82) is 0 Å². The van der Waals surface area contributed by atoms with Gasteiger partial charge in [-0.1, -0.05) is 6.92 Å². The molecule has 3 aromatic rings. The molecule has 0 spiro atoms. The minimum atomic E-state index is -3.68. The van der Waals surface area contributed by atoms with E-state index in [1.165, 1.54) is 40.7 Å². The molecule has 2 aromatic heterocycles. The van der Waals surface area contributed by atoms with E-state index in [9.17, 15) is 17.6 Å². The summed E-state index contributed by atoms with van der Waals surface area (Å²) in [5, 5.41) is 2.90. The van der Waals surface area contributed by atoms with Crippen LogP contribution >= 0.6 is 0 Å². The van der Waals surface area contributed by atoms with E-state index in [-0.39, 0.29) is 23.3 Å². The number of hydrogen-bond acceptors (Lipinski definition) is 5. The molecule has 0 amide bonds. The van der Waals surface area contributed by atoms with Crippen LogP contribution in [0.4, 0.5) is 8.78 Å². The molecule has 0 bridgehead atoms. The molecule has 6 rings (SSSR count). The monoisotopic (exact) mass is 568 g/mol. The summed E-state index contributed by atoms with van der Waals surface area (Å²) in [6, 6.07) is 3.29. The molecule has 0 saturated heterocycles. The third-order valence-electron chi connectivity index (χ3n) is 7.78. The summed E-state index contributed by atoms with van der Waals surface area (Å²) in [4.78, 5) is 18.7. The van der Waals surface area contributed by atoms with Crippen molar-refractivity contribution >= 4 is 21.4 Å². The van der Waals surface area contributed by atoms with E-state index in [2.05, 4.69) is 9.71 Å². The van der Waals surface area contributed by atoms with Crippen molar-refractivity contribution in [2.75, 3.05) is 6.54 Å². The zero-order chi connectivity index (χ0) is 28.5. The highest BCUT2D eigenvalue weighted by atomic mass is 32.2. The minimum absolute atomic E-state index is 0.00852. The van der Waals surface area contributed by atoms with Crippen molar-refractivity contribution < 1.29 is 17.2 Å². The van der Waals surface area contributed by atoms with Gasteiger partial charge in [-0.15, -0.1) is 0 Å². The number of benzene rings is 1. The molecule has 2 aliphatic carbocycles. The van der Waals surface area contributed by atoms with Crippen LogP contribution in [0.25, 0.3) is 17.1 Å². The first-order chi connectivity index (χ1) is 19.0. The Morgan fingerprint density at radius 3 is 2.45 bits per heavy atom. The topological polar surface area (TPSA) is 103 Å². The van der Waals surface area contributed by atoms with Gasteiger partial charge < -0.3 is 5.32 Å². The van der Waals surface area contributed by atoms with Crippen molar-refractivity contribution in [3.8, 4) is 11.4 Å². The fraction of sp³-hybridized carbons (Fsp3) is 0.393. The molecule has 1 fully saturated rings. The summed E-state index contributed by atoms with van der Waals surface area (Å²) in [5.74, 6) is -1.40. The van der Waals surface area contributed by atoms with Gasteiger partial charge in [0, 0.05) is 37.0 Å². The lowest BCUT2D eigenvalue weighted by Gasteiger charge is -2.23. The zero-order valence-corrected chi connectivity index (χ0v) is 23.5. The summed E-state index contributed by atoms with van der Waals surface area (Å²) >= 11 is 0. The Morgan fingerprint density at radius 2 is 1.77 bits per heavy atom. The maximum Gasteiger partial charge on any atom is 0.352 e. The molecule has 1 unspecified atom stereocenters. The number of halogens is 2. The maximum absolute atomic E-state index is 15.6. The van der Waals surface area contributed by atoms with Gasteiger partial charge in [0.2, 0.25) is 0 Å². The number of aromatic nitrogens is 4. The number of imidazole rings is 2. The number of aryl methyl sites for hydroxylation is 2. The van der Waals surface area contributed by atoms with E-state index in [4.69, 9.17) is 4.98 Å². The summed E-state index contributed by atoms with van der Waals surface area (Å²) in [5.41, 5.74) is 2.79. The van der Waals surface area contributed by atoms with E-state index < -0.39 is 32.7 Å². The molecule has 2 atom stereocenters. The van der Waals surface area contributed by atoms with Crippen LogP contribution in [-0.2, 0) is 16.4 Å². The highest BCUT2D eigenvalue weighted by molar-refractivity contribution is 7.91. The number of nitrogens with one attached hydrogen (secondary N) is 1. The fourth-order valence-electron chi connectivity index (χ4n) is 5.41. The zero-order valence-electron chi connectivity index (χ0n) is 22.6. The number of nitrogens with zero attached hydrogens (tertiary/aromatic N) is 5. The lowest BCUT2D eigenvalue weighted by molar-refractivity contribution is 0.479. The normalized spacial score (nSPS) is 22.3. The molecule has 12 heteroatoms. The molecule has 1 aromatic carbocycles. The summed E-state index contributed by atoms with van der Waals surface area (Å²) in [6.45, 7) is 7.60. The second kappa shape index (κ2) is 9.48. The number of fused-ring (bicyclic) bond motifs is 1. The van der Waals surface area contributed by atoms with Crippen molar-refractivity contribution in [1.82, 2.24) is 24.2 Å². The third kappa shape index (κ3) is 4.29. The number of hydrogen-bond donors (Lipinski definition) is 1. The summed E-state index contributed by atoms with van der Waals surface area (Å²) < 4.78 is 62.9. The highest BCUT2D eigenvalue weighted by Crippen LogP contribution is 2.34. The lowest BCUT2D eigenvalue weighted by atomic mass is 9.97. The van der Waals surface area contributed by atoms with Crippen LogP contribution in [0.1, 0.15) is 55.2 Å². The quantitative estimate of drug-likeness (QED) is 0.500. The third-order valence-corrected chi connectivity index (χ3v) is 9.55. The molecule has 1 N–H and O–H groups in total. The standard InChI is InChI=1S/C28H30F2N6O3S/c1-15-13-19(14-16(2)24(15)29)27-32-22-9-10-31-18(4)26(22)36(27)35-12-11-34(28(35)37)23-8-7-21(17(3)25(23)30)33-40(38,39)20-5-6-20/h7-8,11-14,17-18,20,31H,5-6,9-10H2,1-4H3/t17?,18-/m0/s1. The number of sulfonamides is 1. The molecule has 40 heavy (non-hydrogen) atoms. The van der Waals surface area contributed by atoms with Gasteiger partial charge in [0.15, 0.2) is 5.82 Å². The molecule has 3 heterocycles. The Labute approximate surface area is 230 Å². The molecular formula is C28H30F2N6O3S. The lowest BCUT2D eigenvalue weighted by Crippen LogP contribution is -2.35. The summed E-state index contributed by atoms with van der Waals surface area (Å²) in [7, 11) is -3.68. The molecule has 210 valence electrons. The second-order valence-electron chi connectivity index (χ2n) is 10.7. The largest absolute Gasteiger partial charge is 0.352 e. The van der Waals surface area contributed by atoms with E-state index in [0.29, 0.717) is 41.8 Å². The Hall–Kier alpha value is -3.64. The van der Waals surface area contributed by atoms with Crippen LogP contribution in [0.3, 0.4) is 0 Å². The second-order valence-corrected chi connectivity index (χ2v) is 12.6. The number of rotatable bonds is 5. The molecule has 3 aliphatic rings. The van der Waals surface area contributed by atoms with Crippen molar-refractivity contribution in [3.05, 3.63) is 81.3 Å². The van der Waals surface area contributed by atoms with Gasteiger partial charge in [0.25, 0.3) is 10.0 Å². The summed E-state index contributed by atoms with van der Waals surface area (Å²) in [6.07, 6.45) is 7.62. The van der Waals surface area contributed by atoms with Gasteiger partial charge in [-0.3, -0.25) is 4.57 Å². The number of allylic oxidation sites excluding steroid dienone is 4. The van der Waals surface area contributed by atoms with Crippen LogP contribution in [0.5, 0.6) is 0 Å². The predicted molar refractivity (Wildman–Crippen MR) is 149 cm³/mol. The van der Waals surface area contributed by atoms with Crippen molar-refractivity contribution in [2.24, 2.45) is 10.3 Å². The van der Waals surface area contributed by atoms with Gasteiger partial charge in [-0.25, -0.2) is 36.3 Å². The van der Waals surface area contributed by atoms with Gasteiger partial charge in [0.05, 0.1) is 34.0 Å². The Morgan fingerprint density at radius 1 is 1.07 bits per heavy atom. The first-order valence-corrected chi connectivity index (χ1v) is 14.8. The van der Waals surface area contributed by atoms with Crippen LogP contribution in [0.15, 0.2) is 51.7 Å². The van der Waals surface area contributed by atoms with Crippen molar-refractivity contribution in [3.63, 3.8) is 0 Å².